The molecule has 17 nitrogen and oxygen atoms in total. The van der Waals surface area contributed by atoms with Gasteiger partial charge in [-0.1, -0.05) is 5.16 Å². The second kappa shape index (κ2) is 13.9. The number of fused-ring (bicyclic) bond motifs is 1. The van der Waals surface area contributed by atoms with Gasteiger partial charge < -0.3 is 36.7 Å². The van der Waals surface area contributed by atoms with Crippen molar-refractivity contribution in [3.05, 3.63) is 82.8 Å². The molecule has 2 aromatic heterocycles. The van der Waals surface area contributed by atoms with E-state index < -0.39 is 52.4 Å². The van der Waals surface area contributed by atoms with Crippen molar-refractivity contribution in [3.63, 3.8) is 0 Å². The first kappa shape index (κ1) is 34.0. The summed E-state index contributed by atoms with van der Waals surface area (Å²) < 4.78 is 19.0. The number of anilines is 2. The molecule has 0 spiro atoms. The molecule has 0 radical (unpaired) electrons. The zero-order chi connectivity index (χ0) is 35.7. The van der Waals surface area contributed by atoms with Crippen LogP contribution in [-0.2, 0) is 37.1 Å². The molecule has 0 unspecified atom stereocenters. The molecule has 6 rings (SSSR count). The Bertz CT molecular complexity index is 2020. The molecule has 0 aliphatic carbocycles. The minimum absolute atomic E-state index is 0.0327. The number of nitrogen functional groups attached to an aromatic ring is 1. The number of nitrogens with one attached hydrogen (secondary N) is 2. The molecule has 0 saturated carbocycles. The number of halogens is 1. The van der Waals surface area contributed by atoms with E-state index in [1.54, 1.807) is 34.0 Å². The normalized spacial score (nSPS) is 19.8. The van der Waals surface area contributed by atoms with E-state index in [2.05, 4.69) is 25.1 Å². The van der Waals surface area contributed by atoms with Crippen molar-refractivity contribution in [2.45, 2.75) is 30.9 Å². The summed E-state index contributed by atoms with van der Waals surface area (Å²) in [5.74, 6) is -5.20. The van der Waals surface area contributed by atoms with Crippen molar-refractivity contribution in [1.82, 2.24) is 24.5 Å². The summed E-state index contributed by atoms with van der Waals surface area (Å²) in [5.41, 5.74) is 6.30. The fourth-order valence-corrected chi connectivity index (χ4v) is 7.26. The fourth-order valence-electron chi connectivity index (χ4n) is 5.52. The molecule has 50 heavy (non-hydrogen) atoms. The van der Waals surface area contributed by atoms with E-state index in [0.29, 0.717) is 18.5 Å². The molecule has 3 aliphatic rings. The predicted octanol–water partition coefficient (Wildman–Crippen LogP) is 0.167. The largest absolute Gasteiger partial charge is 0.505 e. The van der Waals surface area contributed by atoms with E-state index in [0.717, 1.165) is 34.1 Å². The van der Waals surface area contributed by atoms with Crippen LogP contribution in [0.25, 0.3) is 0 Å². The van der Waals surface area contributed by atoms with Gasteiger partial charge in [-0.25, -0.2) is 9.18 Å². The van der Waals surface area contributed by atoms with E-state index in [1.807, 2.05) is 0 Å². The number of pyridine rings is 1. The van der Waals surface area contributed by atoms with Crippen molar-refractivity contribution >= 4 is 69.4 Å². The Morgan fingerprint density at radius 3 is 2.62 bits per heavy atom. The van der Waals surface area contributed by atoms with Gasteiger partial charge in [0.1, 0.15) is 17.1 Å². The summed E-state index contributed by atoms with van der Waals surface area (Å²) >= 11 is 1.98. The monoisotopic (exact) mass is 724 g/mol. The number of thioether (sulfide) groups is 1. The second-order valence-electron chi connectivity index (χ2n) is 11.2. The number of phenols is 1. The number of nitrogens with zero attached hydrogens (tertiary/aromatic N) is 6. The van der Waals surface area contributed by atoms with Crippen LogP contribution in [0.5, 0.6) is 5.75 Å². The number of carboxylic acids is 1. The average molecular weight is 725 g/mol. The maximum absolute atomic E-state index is 13.5. The van der Waals surface area contributed by atoms with Crippen LogP contribution >= 0.6 is 23.3 Å². The van der Waals surface area contributed by atoms with Crippen molar-refractivity contribution in [3.8, 4) is 5.75 Å². The maximum atomic E-state index is 13.5. The number of aromatic hydroxyl groups is 1. The number of carbonyl (C=O) groups is 5. The number of β-lactam (4-membered cyclic amide) rings is 1. The minimum Gasteiger partial charge on any atom is -0.505 e. The highest BCUT2D eigenvalue weighted by atomic mass is 32.2. The first-order chi connectivity index (χ1) is 23.9. The average Bonchev–Trinajstić information content (AvgIpc) is 3.66. The number of hydrogen-bond donors (Lipinski definition) is 6. The van der Waals surface area contributed by atoms with Gasteiger partial charge >= 0.3 is 5.97 Å². The number of nitrogens with two attached hydrogens (primary N) is 1. The predicted molar refractivity (Wildman–Crippen MR) is 174 cm³/mol. The number of benzene rings is 1. The number of aliphatic carboxylic acids is 1. The second-order valence-corrected chi connectivity index (χ2v) is 13.1. The van der Waals surface area contributed by atoms with Crippen LogP contribution in [0.15, 0.2) is 70.8 Å². The molecule has 3 aromatic rings. The van der Waals surface area contributed by atoms with Crippen LogP contribution in [0.1, 0.15) is 17.8 Å². The summed E-state index contributed by atoms with van der Waals surface area (Å²) in [6.07, 6.45) is 5.16. The highest BCUT2D eigenvalue weighted by molar-refractivity contribution is 8.00. The van der Waals surface area contributed by atoms with Crippen LogP contribution < -0.4 is 20.9 Å². The Kier molecular flexibility index (Phi) is 9.46. The van der Waals surface area contributed by atoms with Crippen molar-refractivity contribution in [2.24, 2.45) is 5.16 Å². The van der Waals surface area contributed by atoms with Gasteiger partial charge in [0.2, 0.25) is 24.0 Å². The molecular weight excluding hydrogens is 698 g/mol. The molecule has 2 saturated heterocycles. The number of oxime groups is 1. The Morgan fingerprint density at radius 2 is 1.96 bits per heavy atom. The molecule has 20 heteroatoms. The molecule has 0 bridgehead atoms. The third-order valence-electron chi connectivity index (χ3n) is 7.91. The lowest BCUT2D eigenvalue weighted by Crippen LogP contribution is -2.71. The van der Waals surface area contributed by atoms with Gasteiger partial charge in [-0.3, -0.25) is 24.1 Å². The van der Waals surface area contributed by atoms with Crippen molar-refractivity contribution < 1.29 is 48.4 Å². The Labute approximate surface area is 289 Å². The third kappa shape index (κ3) is 6.83. The first-order valence-electron chi connectivity index (χ1n) is 14.7. The van der Waals surface area contributed by atoms with Crippen LogP contribution in [0.4, 0.5) is 15.2 Å². The SMILES string of the molecule is Nc1nc(/C(=N/O)C(=O)N[C@@H]2C(=O)N3C(C(=O)O)=C(/C=C4\CCN(Cc5cc[n+](CC(=O)Nc6ccc(O)c(F)c6)cc5)C4=O)CS[C@H]23)ns1. The topological polar surface area (TPSA) is 245 Å². The highest BCUT2D eigenvalue weighted by Crippen LogP contribution is 2.41. The fraction of sp³-hybridized carbons (Fsp3) is 0.233. The highest BCUT2D eigenvalue weighted by Gasteiger charge is 2.54. The van der Waals surface area contributed by atoms with Gasteiger partial charge in [-0.2, -0.15) is 13.9 Å². The van der Waals surface area contributed by atoms with E-state index >= 15 is 0 Å². The molecule has 258 valence electrons. The van der Waals surface area contributed by atoms with Gasteiger partial charge in [0.25, 0.3) is 17.7 Å². The van der Waals surface area contributed by atoms with Crippen LogP contribution in [0.3, 0.4) is 0 Å². The molecule has 7 N–H and O–H groups in total. The van der Waals surface area contributed by atoms with Gasteiger partial charge in [0, 0.05) is 59.8 Å². The van der Waals surface area contributed by atoms with Gasteiger partial charge in [-0.15, -0.1) is 11.8 Å². The Hall–Kier alpha value is -5.89. The summed E-state index contributed by atoms with van der Waals surface area (Å²) in [7, 11) is 0. The van der Waals surface area contributed by atoms with E-state index in [1.165, 1.54) is 23.9 Å². The quantitative estimate of drug-likeness (QED) is 0.0312. The van der Waals surface area contributed by atoms with Gasteiger partial charge in [0.05, 0.1) is 0 Å². The number of carbonyl (C=O) groups excluding carboxylic acids is 4. The summed E-state index contributed by atoms with van der Waals surface area (Å²) in [6, 6.07) is 5.89. The van der Waals surface area contributed by atoms with Gasteiger partial charge in [-0.05, 0) is 35.8 Å². The lowest BCUT2D eigenvalue weighted by atomic mass is 10.0. The maximum Gasteiger partial charge on any atom is 0.352 e. The lowest BCUT2D eigenvalue weighted by Gasteiger charge is -2.49. The number of phenolic OH excluding ortho intramolecular Hbond substituents is 1. The molecule has 2 fully saturated rings. The first-order valence-corrected chi connectivity index (χ1v) is 16.6. The summed E-state index contributed by atoms with van der Waals surface area (Å²) in [6.45, 7) is 0.565. The molecule has 3 aliphatic heterocycles. The number of likely N-dealkylation sites (tertiary alicyclic amines) is 1. The van der Waals surface area contributed by atoms with E-state index in [-0.39, 0.29) is 52.7 Å². The minimum atomic E-state index is -1.37. The Morgan fingerprint density at radius 1 is 1.20 bits per heavy atom. The summed E-state index contributed by atoms with van der Waals surface area (Å²) in [4.78, 5) is 70.3. The molecule has 1 aromatic carbocycles. The van der Waals surface area contributed by atoms with E-state index in [9.17, 15) is 43.8 Å². The number of rotatable bonds is 10. The molecule has 5 heterocycles. The van der Waals surface area contributed by atoms with Crippen molar-refractivity contribution in [2.75, 3.05) is 23.3 Å². The van der Waals surface area contributed by atoms with Crippen LogP contribution in [-0.4, -0.2) is 93.6 Å². The summed E-state index contributed by atoms with van der Waals surface area (Å²) in [5, 5.41) is 35.9. The lowest BCUT2D eigenvalue weighted by molar-refractivity contribution is -0.684. The van der Waals surface area contributed by atoms with Gasteiger partial charge in [0.15, 0.2) is 29.1 Å². The number of aromatic nitrogens is 3. The standard InChI is InChI=1S/C30H26FN9O8S2/c31-18-10-17(1-2-19(18)41)33-20(42)12-38-6-3-14(4-7-38)11-39-8-5-15(26(39)44)9-16-13-49-28-22(27(45)40(28)23(16)29(46)47)34-25(43)21(36-48)24-35-30(32)50-37-24/h1-4,6-7,9-10,22,28H,5,8,11-13H2,(H6-,32,33,34,35,36,37,41,42,43,46,47,48)/p+1/b15-9+/t22-,28-/m1/s1. The Balaban J connectivity index is 1.07. The number of amides is 4. The van der Waals surface area contributed by atoms with Crippen LogP contribution in [0.2, 0.25) is 0 Å². The number of allylic oxidation sites excluding steroid dienone is 1. The zero-order valence-corrected chi connectivity index (χ0v) is 27.3. The van der Waals surface area contributed by atoms with Crippen molar-refractivity contribution in [1.29, 1.82) is 0 Å². The number of hydrogen-bond acceptors (Lipinski definition) is 13. The smallest absolute Gasteiger partial charge is 0.352 e. The third-order valence-corrected chi connectivity index (χ3v) is 9.75. The van der Waals surface area contributed by atoms with Crippen LogP contribution in [0, 0.1) is 5.82 Å². The number of carboxylic acid groups (broad SMARTS) is 1. The van der Waals surface area contributed by atoms with E-state index in [4.69, 9.17) is 5.73 Å². The molecule has 4 amide bonds. The molecule has 2 atom stereocenters. The molecular formula is C30H27FN9O8S2+. The zero-order valence-electron chi connectivity index (χ0n) is 25.6.